The van der Waals surface area contributed by atoms with Gasteiger partial charge in [-0.2, -0.15) is 47.0 Å². The van der Waals surface area contributed by atoms with E-state index in [0.717, 1.165) is 65.7 Å². The molecule has 0 aliphatic carbocycles. The van der Waals surface area contributed by atoms with Gasteiger partial charge in [0.2, 0.25) is 0 Å². The maximum atomic E-state index is 6.60. The van der Waals surface area contributed by atoms with Gasteiger partial charge in [0.15, 0.2) is 0 Å². The second kappa shape index (κ2) is 15.5. The summed E-state index contributed by atoms with van der Waals surface area (Å²) in [7, 11) is 0. The molecule has 0 aromatic carbocycles. The second-order valence-corrected chi connectivity index (χ2v) is 15.9. The first-order valence-electron chi connectivity index (χ1n) is 11.8. The molecule has 188 valence electrons. The number of hydrogen-bond donors (Lipinski definition) is 0. The Balaban J connectivity index is 1.59. The molecule has 0 N–H and O–H groups in total. The Hall–Kier alpha value is 1.24. The van der Waals surface area contributed by atoms with Gasteiger partial charge in [-0.25, -0.2) is 0 Å². The lowest BCUT2D eigenvalue weighted by Crippen LogP contribution is -2.36. The molecule has 3 atom stereocenters. The third-order valence-electron chi connectivity index (χ3n) is 6.10. The number of ether oxygens (including phenoxy) is 2. The molecule has 33 heavy (non-hydrogen) atoms. The highest BCUT2D eigenvalue weighted by Crippen LogP contribution is 2.38. The molecule has 0 bridgehead atoms. The molecule has 3 saturated heterocycles. The molecule has 0 aromatic heterocycles. The predicted octanol–water partition coefficient (Wildman–Crippen LogP) is 7.33. The van der Waals surface area contributed by atoms with E-state index in [9.17, 15) is 0 Å². The SMILES string of the molecule is C=C1CSCC(CCC(CC)(COC2CSCC(=C)CS2)COC2CSCC(=C)CS2)SC1. The Morgan fingerprint density at radius 3 is 1.73 bits per heavy atom. The summed E-state index contributed by atoms with van der Waals surface area (Å²) in [5.74, 6) is 9.76. The Morgan fingerprint density at radius 2 is 1.21 bits per heavy atom. The highest BCUT2D eigenvalue weighted by molar-refractivity contribution is 8.05. The molecule has 3 aliphatic rings. The van der Waals surface area contributed by atoms with Gasteiger partial charge in [0, 0.05) is 62.4 Å². The molecule has 0 saturated carbocycles. The topological polar surface area (TPSA) is 18.5 Å². The average molecular weight is 565 g/mol. The third-order valence-corrected chi connectivity index (χ3v) is 14.2. The summed E-state index contributed by atoms with van der Waals surface area (Å²) < 4.78 is 13.2. The largest absolute Gasteiger partial charge is 0.366 e. The van der Waals surface area contributed by atoms with Gasteiger partial charge in [-0.1, -0.05) is 43.4 Å². The molecular weight excluding hydrogens is 525 g/mol. The fourth-order valence-corrected chi connectivity index (χ4v) is 11.0. The van der Waals surface area contributed by atoms with Crippen molar-refractivity contribution in [3.8, 4) is 0 Å². The van der Waals surface area contributed by atoms with Crippen molar-refractivity contribution in [3.05, 3.63) is 36.5 Å². The van der Waals surface area contributed by atoms with Crippen LogP contribution in [0.3, 0.4) is 0 Å². The van der Waals surface area contributed by atoms with Gasteiger partial charge in [-0.3, -0.25) is 0 Å². The maximum absolute atomic E-state index is 6.60. The van der Waals surface area contributed by atoms with Gasteiger partial charge in [-0.15, -0.1) is 23.5 Å². The van der Waals surface area contributed by atoms with E-state index in [1.54, 1.807) is 0 Å². The maximum Gasteiger partial charge on any atom is 0.112 e. The van der Waals surface area contributed by atoms with E-state index in [0.29, 0.717) is 5.25 Å². The minimum Gasteiger partial charge on any atom is -0.366 e. The van der Waals surface area contributed by atoms with Crippen molar-refractivity contribution in [1.29, 1.82) is 0 Å². The zero-order valence-corrected chi connectivity index (χ0v) is 24.9. The van der Waals surface area contributed by atoms with Crippen LogP contribution >= 0.6 is 70.6 Å². The summed E-state index contributed by atoms with van der Waals surface area (Å²) in [6.45, 7) is 16.5. The van der Waals surface area contributed by atoms with Gasteiger partial charge in [0.25, 0.3) is 0 Å². The van der Waals surface area contributed by atoms with Crippen LogP contribution in [0.25, 0.3) is 0 Å². The lowest BCUT2D eigenvalue weighted by atomic mass is 9.81. The van der Waals surface area contributed by atoms with Gasteiger partial charge < -0.3 is 9.47 Å². The van der Waals surface area contributed by atoms with E-state index in [4.69, 9.17) is 9.47 Å². The zero-order valence-electron chi connectivity index (χ0n) is 20.0. The molecule has 0 aromatic rings. The van der Waals surface area contributed by atoms with E-state index >= 15 is 0 Å². The van der Waals surface area contributed by atoms with Gasteiger partial charge in [-0.05, 0) is 19.3 Å². The van der Waals surface area contributed by atoms with Crippen molar-refractivity contribution in [2.24, 2.45) is 5.41 Å². The quantitative estimate of drug-likeness (QED) is 0.254. The summed E-state index contributed by atoms with van der Waals surface area (Å²) >= 11 is 11.9. The number of rotatable bonds is 10. The van der Waals surface area contributed by atoms with Crippen molar-refractivity contribution in [3.63, 3.8) is 0 Å². The molecule has 0 radical (unpaired) electrons. The molecular formula is C25H40O2S6. The first-order valence-corrected chi connectivity index (χ1v) is 18.4. The Labute approximate surface area is 227 Å². The molecule has 0 amide bonds. The fraction of sp³-hybridized carbons (Fsp3) is 0.760. The molecule has 3 rings (SSSR count). The molecule has 0 spiro atoms. The van der Waals surface area contributed by atoms with Crippen molar-refractivity contribution < 1.29 is 9.47 Å². The predicted molar refractivity (Wildman–Crippen MR) is 162 cm³/mol. The Kier molecular flexibility index (Phi) is 13.5. The van der Waals surface area contributed by atoms with E-state index < -0.39 is 0 Å². The number of thioether (sulfide) groups is 6. The normalized spacial score (nSPS) is 29.7. The molecule has 3 fully saturated rings. The fourth-order valence-electron chi connectivity index (χ4n) is 3.79. The number of hydrogen-bond acceptors (Lipinski definition) is 8. The van der Waals surface area contributed by atoms with Crippen LogP contribution in [-0.2, 0) is 9.47 Å². The van der Waals surface area contributed by atoms with Gasteiger partial charge >= 0.3 is 0 Å². The van der Waals surface area contributed by atoms with Crippen LogP contribution in [0.15, 0.2) is 36.5 Å². The lowest BCUT2D eigenvalue weighted by Gasteiger charge is -2.36. The molecule has 8 heteroatoms. The van der Waals surface area contributed by atoms with Crippen LogP contribution in [0, 0.1) is 5.41 Å². The smallest absolute Gasteiger partial charge is 0.112 e. The van der Waals surface area contributed by atoms with Crippen molar-refractivity contribution >= 4 is 70.6 Å². The average Bonchev–Trinajstić information content (AvgIpc) is 3.25. The first-order chi connectivity index (χ1) is 16.0. The van der Waals surface area contributed by atoms with Crippen molar-refractivity contribution in [1.82, 2.24) is 0 Å². The zero-order chi connectivity index (χ0) is 23.5. The van der Waals surface area contributed by atoms with Crippen LogP contribution in [0.4, 0.5) is 0 Å². The van der Waals surface area contributed by atoms with E-state index in [-0.39, 0.29) is 16.3 Å². The molecule has 3 unspecified atom stereocenters. The Bertz CT molecular complexity index is 571. The van der Waals surface area contributed by atoms with Crippen LogP contribution < -0.4 is 0 Å². The third kappa shape index (κ3) is 10.6. The molecule has 2 nitrogen and oxygen atoms in total. The second-order valence-electron chi connectivity index (χ2n) is 9.22. The summed E-state index contributed by atoms with van der Waals surface area (Å²) in [5.41, 5.74) is 4.65. The minimum atomic E-state index is 0.0810. The Morgan fingerprint density at radius 1 is 0.727 bits per heavy atom. The van der Waals surface area contributed by atoms with Gasteiger partial charge in [0.05, 0.1) is 13.2 Å². The van der Waals surface area contributed by atoms with Crippen LogP contribution in [0.5, 0.6) is 0 Å². The minimum absolute atomic E-state index is 0.0810. The summed E-state index contributed by atoms with van der Waals surface area (Å²) in [6, 6.07) is 0. The molecule has 3 aliphatic heterocycles. The van der Waals surface area contributed by atoms with E-state index in [1.807, 2.05) is 47.0 Å². The summed E-state index contributed by atoms with van der Waals surface area (Å²) in [6.07, 6.45) is 3.50. The van der Waals surface area contributed by atoms with Crippen LogP contribution in [0.2, 0.25) is 0 Å². The summed E-state index contributed by atoms with van der Waals surface area (Å²) in [4.78, 5) is 0. The highest BCUT2D eigenvalue weighted by atomic mass is 32.2. The molecule has 3 heterocycles. The standard InChI is InChI=1S/C25H40O2S6/c1-5-25(7-6-22-14-28-8-19(2)11-31-22,17-26-23-15-29-9-20(3)12-32-23)18-27-24-16-30-10-21(4)13-33-24/h22-24H,2-18H2,1H3. The van der Waals surface area contributed by atoms with Crippen LogP contribution in [0.1, 0.15) is 26.2 Å². The highest BCUT2D eigenvalue weighted by Gasteiger charge is 2.33. The van der Waals surface area contributed by atoms with E-state index in [2.05, 4.69) is 50.2 Å². The first kappa shape index (κ1) is 28.8. The van der Waals surface area contributed by atoms with E-state index in [1.165, 1.54) is 35.3 Å². The van der Waals surface area contributed by atoms with Gasteiger partial charge in [0.1, 0.15) is 10.9 Å². The van der Waals surface area contributed by atoms with Crippen molar-refractivity contribution in [2.45, 2.75) is 42.3 Å². The monoisotopic (exact) mass is 564 g/mol. The lowest BCUT2D eigenvalue weighted by molar-refractivity contribution is -0.0361. The van der Waals surface area contributed by atoms with Crippen molar-refractivity contribution in [2.75, 3.05) is 65.0 Å². The summed E-state index contributed by atoms with van der Waals surface area (Å²) in [5, 5.41) is 0.706. The van der Waals surface area contributed by atoms with Crippen LogP contribution in [-0.4, -0.2) is 81.1 Å².